The molecule has 0 aliphatic rings. The number of aromatic nitrogens is 1. The van der Waals surface area contributed by atoms with Crippen molar-refractivity contribution in [3.05, 3.63) is 39.9 Å². The average molecular weight is 367 g/mol. The Labute approximate surface area is 147 Å². The predicted molar refractivity (Wildman–Crippen MR) is 94.6 cm³/mol. The minimum absolute atomic E-state index is 0.180. The predicted octanol–water partition coefficient (Wildman–Crippen LogP) is 3.47. The molecule has 0 fully saturated rings. The molecule has 0 saturated carbocycles. The summed E-state index contributed by atoms with van der Waals surface area (Å²) in [5, 5.41) is 13.6. The highest BCUT2D eigenvalue weighted by Crippen LogP contribution is 2.29. The highest BCUT2D eigenvalue weighted by Gasteiger charge is 2.10. The van der Waals surface area contributed by atoms with Crippen LogP contribution in [0.3, 0.4) is 0 Å². The van der Waals surface area contributed by atoms with Gasteiger partial charge in [0, 0.05) is 6.92 Å². The van der Waals surface area contributed by atoms with Crippen molar-refractivity contribution < 1.29 is 14.7 Å². The molecule has 0 radical (unpaired) electrons. The van der Waals surface area contributed by atoms with Gasteiger partial charge in [0.2, 0.25) is 5.91 Å². The average Bonchev–Trinajstić information content (AvgIpc) is 2.85. The topological polar surface area (TPSA) is 104 Å². The van der Waals surface area contributed by atoms with E-state index in [1.165, 1.54) is 18.3 Å². The van der Waals surface area contributed by atoms with Gasteiger partial charge in [-0.3, -0.25) is 10.1 Å². The van der Waals surface area contributed by atoms with Gasteiger partial charge in [-0.05, 0) is 30.5 Å². The molecule has 0 aliphatic heterocycles. The van der Waals surface area contributed by atoms with Gasteiger partial charge in [-0.2, -0.15) is 0 Å². The third-order valence-corrected chi connectivity index (χ3v) is 4.17. The van der Waals surface area contributed by atoms with Crippen LogP contribution in [0.15, 0.2) is 29.3 Å². The number of amides is 2. The smallest absolute Gasteiger partial charge is 0.409 e. The number of halogens is 1. The monoisotopic (exact) mass is 366 g/mol. The first-order valence-corrected chi connectivity index (χ1v) is 8.17. The summed E-state index contributed by atoms with van der Waals surface area (Å²) in [6, 6.07) is 7.40. The van der Waals surface area contributed by atoms with Gasteiger partial charge in [-0.15, -0.1) is 0 Å². The summed E-state index contributed by atoms with van der Waals surface area (Å²) in [4.78, 5) is 29.6. The maximum absolute atomic E-state index is 11.0. The van der Waals surface area contributed by atoms with Crippen LogP contribution in [0.5, 0.6) is 0 Å². The molecule has 2 rings (SSSR count). The molecule has 2 aromatic rings. The second kappa shape index (κ2) is 8.42. The highest BCUT2D eigenvalue weighted by atomic mass is 35.5. The zero-order chi connectivity index (χ0) is 17.5. The van der Waals surface area contributed by atoms with Crippen molar-refractivity contribution in [2.75, 3.05) is 5.32 Å². The lowest BCUT2D eigenvalue weighted by atomic mass is 10.1. The zero-order valence-corrected chi connectivity index (χ0v) is 14.3. The fraction of sp³-hybridized carbons (Fsp3) is 0.200. The van der Waals surface area contributed by atoms with Crippen LogP contribution in [0.25, 0.3) is 0 Å². The number of anilines is 1. The molecule has 126 valence electrons. The van der Waals surface area contributed by atoms with E-state index in [2.05, 4.69) is 20.6 Å². The number of carboxylic acid groups (broad SMARTS) is 1. The van der Waals surface area contributed by atoms with Gasteiger partial charge in [0.05, 0.1) is 17.7 Å². The van der Waals surface area contributed by atoms with Crippen LogP contribution in [0.1, 0.15) is 18.2 Å². The summed E-state index contributed by atoms with van der Waals surface area (Å²) in [5.41, 5.74) is 2.47. The van der Waals surface area contributed by atoms with E-state index in [1.807, 2.05) is 12.1 Å². The largest absolute Gasteiger partial charge is 0.465 e. The highest BCUT2D eigenvalue weighted by molar-refractivity contribution is 7.19. The van der Waals surface area contributed by atoms with Crippen molar-refractivity contribution >= 4 is 52.1 Å². The van der Waals surface area contributed by atoms with Crippen molar-refractivity contribution in [3.63, 3.8) is 0 Å². The molecule has 9 heteroatoms. The van der Waals surface area contributed by atoms with Crippen LogP contribution in [-0.4, -0.2) is 28.4 Å². The third-order valence-electron chi connectivity index (χ3n) is 2.92. The first-order valence-electron chi connectivity index (χ1n) is 6.98. The first kappa shape index (κ1) is 17.9. The lowest BCUT2D eigenvalue weighted by Crippen LogP contribution is -2.17. The SMILES string of the molecule is CC(=O)Nc1nc(CCc2ccc(N=CNC(=O)O)cc2)c(Cl)s1. The normalized spacial score (nSPS) is 10.8. The molecule has 1 heterocycles. The van der Waals surface area contributed by atoms with Crippen molar-refractivity contribution in [3.8, 4) is 0 Å². The van der Waals surface area contributed by atoms with Gasteiger partial charge in [0.25, 0.3) is 0 Å². The Balaban J connectivity index is 1.92. The molecule has 0 aliphatic carbocycles. The van der Waals surface area contributed by atoms with E-state index < -0.39 is 6.09 Å². The quantitative estimate of drug-likeness (QED) is 0.537. The number of hydrogen-bond acceptors (Lipinski definition) is 5. The van der Waals surface area contributed by atoms with E-state index in [0.717, 1.165) is 24.0 Å². The number of benzene rings is 1. The van der Waals surface area contributed by atoms with E-state index in [0.29, 0.717) is 21.6 Å². The number of nitrogens with zero attached hydrogens (tertiary/aromatic N) is 2. The summed E-state index contributed by atoms with van der Waals surface area (Å²) < 4.78 is 0.569. The number of rotatable bonds is 6. The van der Waals surface area contributed by atoms with Gasteiger partial charge < -0.3 is 10.4 Å². The maximum Gasteiger partial charge on any atom is 0.409 e. The van der Waals surface area contributed by atoms with Gasteiger partial charge in [-0.1, -0.05) is 35.1 Å². The van der Waals surface area contributed by atoms with E-state index >= 15 is 0 Å². The van der Waals surface area contributed by atoms with Gasteiger partial charge in [-0.25, -0.2) is 14.8 Å². The minimum atomic E-state index is -1.16. The number of carbonyl (C=O) groups is 2. The molecular weight excluding hydrogens is 352 g/mol. The van der Waals surface area contributed by atoms with E-state index in [4.69, 9.17) is 16.7 Å². The van der Waals surface area contributed by atoms with E-state index in [1.54, 1.807) is 12.1 Å². The van der Waals surface area contributed by atoms with Gasteiger partial charge >= 0.3 is 6.09 Å². The molecule has 24 heavy (non-hydrogen) atoms. The number of nitrogens with one attached hydrogen (secondary N) is 2. The molecule has 2 amide bonds. The fourth-order valence-electron chi connectivity index (χ4n) is 1.86. The van der Waals surface area contributed by atoms with Crippen molar-refractivity contribution in [2.45, 2.75) is 19.8 Å². The van der Waals surface area contributed by atoms with Crippen molar-refractivity contribution in [2.24, 2.45) is 4.99 Å². The van der Waals surface area contributed by atoms with E-state index in [-0.39, 0.29) is 5.91 Å². The van der Waals surface area contributed by atoms with Crippen molar-refractivity contribution in [1.82, 2.24) is 10.3 Å². The van der Waals surface area contributed by atoms with Crippen LogP contribution in [0.2, 0.25) is 4.34 Å². The minimum Gasteiger partial charge on any atom is -0.465 e. The number of aryl methyl sites for hydroxylation is 2. The molecule has 1 aromatic carbocycles. The molecule has 0 atom stereocenters. The third kappa shape index (κ3) is 5.64. The summed E-state index contributed by atoms with van der Waals surface area (Å²) >= 11 is 7.37. The number of carbonyl (C=O) groups excluding carboxylic acids is 1. The standard InChI is InChI=1S/C15H15ClN4O3S/c1-9(21)19-14-20-12(13(16)24-14)7-4-10-2-5-11(6-3-10)17-8-18-15(22)23/h2-3,5-6,8H,4,7H2,1H3,(H,17,18)(H,22,23)(H,19,20,21). The van der Waals surface area contributed by atoms with Crippen LogP contribution >= 0.6 is 22.9 Å². The Hall–Kier alpha value is -2.45. The first-order chi connectivity index (χ1) is 11.4. The lowest BCUT2D eigenvalue weighted by molar-refractivity contribution is -0.114. The van der Waals surface area contributed by atoms with Crippen LogP contribution in [0.4, 0.5) is 15.6 Å². The van der Waals surface area contributed by atoms with Crippen LogP contribution in [0, 0.1) is 0 Å². The van der Waals surface area contributed by atoms with Crippen LogP contribution in [-0.2, 0) is 17.6 Å². The zero-order valence-electron chi connectivity index (χ0n) is 12.7. The second-order valence-electron chi connectivity index (χ2n) is 4.79. The maximum atomic E-state index is 11.0. The summed E-state index contributed by atoms with van der Waals surface area (Å²) in [6.07, 6.45) is 1.35. The summed E-state index contributed by atoms with van der Waals surface area (Å²) in [5.74, 6) is -0.180. The molecule has 0 bridgehead atoms. The number of thiazole rings is 1. The number of aliphatic imine (C=N–C) groups is 1. The summed E-state index contributed by atoms with van der Waals surface area (Å²) in [6.45, 7) is 1.42. The molecule has 3 N–H and O–H groups in total. The number of hydrogen-bond donors (Lipinski definition) is 3. The molecule has 0 spiro atoms. The van der Waals surface area contributed by atoms with Crippen molar-refractivity contribution in [1.29, 1.82) is 0 Å². The molecule has 0 unspecified atom stereocenters. The Kier molecular flexibility index (Phi) is 6.28. The van der Waals surface area contributed by atoms with Gasteiger partial charge in [0.15, 0.2) is 5.13 Å². The van der Waals surface area contributed by atoms with E-state index in [9.17, 15) is 9.59 Å². The molecule has 7 nitrogen and oxygen atoms in total. The lowest BCUT2D eigenvalue weighted by Gasteiger charge is -2.01. The summed E-state index contributed by atoms with van der Waals surface area (Å²) in [7, 11) is 0. The molecule has 0 saturated heterocycles. The van der Waals surface area contributed by atoms with Crippen LogP contribution < -0.4 is 10.6 Å². The Bertz CT molecular complexity index is 759. The fourth-order valence-corrected chi connectivity index (χ4v) is 3.01. The molecule has 1 aromatic heterocycles. The Morgan fingerprint density at radius 3 is 2.67 bits per heavy atom. The Morgan fingerprint density at radius 1 is 1.33 bits per heavy atom. The molecular formula is C15H15ClN4O3S. The second-order valence-corrected chi connectivity index (χ2v) is 6.40. The Morgan fingerprint density at radius 2 is 2.04 bits per heavy atom. The van der Waals surface area contributed by atoms with Gasteiger partial charge in [0.1, 0.15) is 4.34 Å².